The van der Waals surface area contributed by atoms with E-state index in [0.29, 0.717) is 72.0 Å². The molecule has 4 aliphatic rings. The summed E-state index contributed by atoms with van der Waals surface area (Å²) >= 11 is 16.4. The number of hydrogen-bond donors (Lipinski definition) is 0. The van der Waals surface area contributed by atoms with Crippen molar-refractivity contribution in [3.05, 3.63) is 216 Å². The number of thioether (sulfide) groups is 2. The van der Waals surface area contributed by atoms with Crippen LogP contribution in [-0.2, 0) is 13.1 Å². The summed E-state index contributed by atoms with van der Waals surface area (Å²) in [5.41, 5.74) is 10.0. The monoisotopic (exact) mass is 2010 g/mol. The Morgan fingerprint density at radius 2 is 0.702 bits per heavy atom. The van der Waals surface area contributed by atoms with E-state index >= 15 is 17.6 Å². The highest BCUT2D eigenvalue weighted by Gasteiger charge is 2.37. The summed E-state index contributed by atoms with van der Waals surface area (Å²) in [6, 6.07) is 29.4. The lowest BCUT2D eigenvalue weighted by molar-refractivity contribution is 0.483. The Morgan fingerprint density at radius 1 is 0.366 bits per heavy atom. The normalized spacial score (nSPS) is 15.6. The van der Waals surface area contributed by atoms with Gasteiger partial charge in [0.1, 0.15) is 22.1 Å². The van der Waals surface area contributed by atoms with Crippen molar-refractivity contribution in [1.29, 1.82) is 0 Å². The van der Waals surface area contributed by atoms with Crippen molar-refractivity contribution in [2.75, 3.05) is 22.9 Å². The fourth-order valence-corrected chi connectivity index (χ4v) is 25.7. The zero-order chi connectivity index (χ0) is 91.4. The molecule has 131 heavy (non-hydrogen) atoms. The largest absolute Gasteiger partial charge is 0.363 e. The van der Waals surface area contributed by atoms with Crippen LogP contribution in [0.1, 0.15) is 320 Å². The fourth-order valence-electron chi connectivity index (χ4n) is 18.2. The topological polar surface area (TPSA) is 67.9 Å². The van der Waals surface area contributed by atoms with E-state index in [-0.39, 0.29) is 34.9 Å². The number of aryl methyl sites for hydroxylation is 3. The molecule has 0 spiro atoms. The van der Waals surface area contributed by atoms with Crippen molar-refractivity contribution in [2.45, 2.75) is 351 Å². The van der Waals surface area contributed by atoms with E-state index in [4.69, 9.17) is 10.2 Å². The first-order chi connectivity index (χ1) is 63.6. The Hall–Kier alpha value is -6.62. The van der Waals surface area contributed by atoms with E-state index in [1.165, 1.54) is 314 Å². The molecule has 0 saturated carbocycles. The number of allylic oxidation sites excluding steroid dienone is 7. The van der Waals surface area contributed by atoms with Crippen molar-refractivity contribution in [2.24, 2.45) is 0 Å². The second kappa shape index (κ2) is 56.2. The molecule has 0 saturated heterocycles. The molecule has 4 aromatic carbocycles. The van der Waals surface area contributed by atoms with Crippen LogP contribution in [-0.4, -0.2) is 65.7 Å². The molecule has 8 nitrogen and oxygen atoms in total. The first-order valence-electron chi connectivity index (χ1n) is 49.3. The zero-order valence-corrected chi connectivity index (χ0v) is 86.2. The highest BCUT2D eigenvalue weighted by atomic mass is 79.9. The number of unbranched alkanes of at least 4 members (excludes halogenated alkanes) is 36. The maximum absolute atomic E-state index is 16.4. The minimum Gasteiger partial charge on any atom is -0.363 e. The van der Waals surface area contributed by atoms with Crippen LogP contribution < -0.4 is 9.80 Å². The molecule has 0 amide bonds. The van der Waals surface area contributed by atoms with Gasteiger partial charge < -0.3 is 9.80 Å². The lowest BCUT2D eigenvalue weighted by Gasteiger charge is -2.42. The van der Waals surface area contributed by atoms with Crippen molar-refractivity contribution in [1.82, 2.24) is 30.0 Å². The predicted molar refractivity (Wildman–Crippen MR) is 575 cm³/mol. The van der Waals surface area contributed by atoms with Crippen molar-refractivity contribution < 1.29 is 17.6 Å². The molecule has 0 fully saturated rings. The number of hydrogen-bond acceptors (Lipinski definition) is 12. The Morgan fingerprint density at radius 3 is 1.06 bits per heavy atom. The average molecular weight is 2020 g/mol. The SMILES string of the molecule is C.C/C=C/c1ccc2c(c1)SC1C=C(/C=C/c3ccc(-c4c(F)c(F)c(-c5ccc(C)s5)c5nn(CCCCCCCCCC)nc45)s3)C=CC1N2CCCCCCCCCCCCCC.C=CC1=CC2Sc3cc(C=C)ccc3N(CCCCCCCCCC)C2C=C1.CCCCCCCCCCCCCCn1nc2c(-c3ccc(Br)s3)c(F)c(F)c(-c3ccc(Br)s3)c2n1. The van der Waals surface area contributed by atoms with Gasteiger partial charge in [-0.05, 0) is 173 Å². The van der Waals surface area contributed by atoms with Crippen molar-refractivity contribution in [3.8, 4) is 41.8 Å². The van der Waals surface area contributed by atoms with E-state index in [9.17, 15) is 0 Å². The van der Waals surface area contributed by atoms with Crippen LogP contribution in [0.2, 0.25) is 0 Å². The van der Waals surface area contributed by atoms with Gasteiger partial charge >= 0.3 is 0 Å². The molecule has 14 rings (SSSR count). The van der Waals surface area contributed by atoms with Crippen LogP contribution in [0.3, 0.4) is 0 Å². The highest BCUT2D eigenvalue weighted by molar-refractivity contribution is 9.11. The maximum atomic E-state index is 16.4. The molecule has 6 aromatic heterocycles. The molecule has 0 bridgehead atoms. The molecule has 4 unspecified atom stereocenters. The number of fused-ring (bicyclic) bond motifs is 6. The van der Waals surface area contributed by atoms with Crippen LogP contribution in [0, 0.1) is 30.2 Å². The number of thiophene rings is 4. The molecule has 10 aromatic rings. The van der Waals surface area contributed by atoms with Crippen LogP contribution in [0.15, 0.2) is 181 Å². The first-order valence-corrected chi connectivity index (χ1v) is 56.0. The minimum absolute atomic E-state index is 0. The lowest BCUT2D eigenvalue weighted by Crippen LogP contribution is -2.45. The number of halogens is 6. The van der Waals surface area contributed by atoms with Gasteiger partial charge in [-0.25, -0.2) is 17.6 Å². The van der Waals surface area contributed by atoms with E-state index in [1.54, 1.807) is 21.7 Å². The summed E-state index contributed by atoms with van der Waals surface area (Å²) in [7, 11) is 0. The average Bonchev–Trinajstić information content (AvgIpc) is 1.57. The second-order valence-electron chi connectivity index (χ2n) is 35.6. The van der Waals surface area contributed by atoms with E-state index in [0.717, 1.165) is 61.7 Å². The number of nitrogens with zero attached hydrogens (tertiary/aromatic N) is 8. The van der Waals surface area contributed by atoms with Gasteiger partial charge in [0, 0.05) is 52.1 Å². The molecule has 2 aliphatic heterocycles. The van der Waals surface area contributed by atoms with Crippen molar-refractivity contribution >= 4 is 152 Å². The zero-order valence-electron chi connectivity index (χ0n) is 78.1. The van der Waals surface area contributed by atoms with E-state index in [1.807, 2.05) is 79.0 Å². The lowest BCUT2D eigenvalue weighted by atomic mass is 9.98. The summed E-state index contributed by atoms with van der Waals surface area (Å²) in [5, 5.41) is 19.8. The van der Waals surface area contributed by atoms with Gasteiger partial charge in [0.05, 0.1) is 76.9 Å². The number of benzene rings is 4. The Bertz CT molecular complexity index is 5320. The fraction of sp³-hybridized carbons (Fsp3) is 0.495. The molecular formula is C111H144Br2F4N8S6. The second-order valence-corrected chi connectivity index (χ2v) is 45.3. The molecule has 0 radical (unpaired) electrons. The van der Waals surface area contributed by atoms with Gasteiger partial charge in [0.2, 0.25) is 0 Å². The summed E-state index contributed by atoms with van der Waals surface area (Å²) < 4.78 is 65.4. The summed E-state index contributed by atoms with van der Waals surface area (Å²) in [6.45, 7) is 24.5. The molecule has 2 aliphatic carbocycles. The molecule has 4 atom stereocenters. The minimum atomic E-state index is -0.876. The Balaban J connectivity index is 0.000000211. The van der Waals surface area contributed by atoms with Gasteiger partial charge in [0.25, 0.3) is 0 Å². The maximum Gasteiger partial charge on any atom is 0.170 e. The van der Waals surface area contributed by atoms with E-state index < -0.39 is 23.3 Å². The van der Waals surface area contributed by atoms with Gasteiger partial charge in [-0.2, -0.15) is 30.0 Å². The molecule has 0 N–H and O–H groups in total. The van der Waals surface area contributed by atoms with Crippen LogP contribution in [0.25, 0.3) is 82.1 Å². The Labute approximate surface area is 824 Å². The van der Waals surface area contributed by atoms with Crippen LogP contribution in [0.4, 0.5) is 28.9 Å². The van der Waals surface area contributed by atoms with Gasteiger partial charge in [-0.3, -0.25) is 0 Å². The standard InChI is InChI=1S/C56H72F2N4S3.C28H33Br2F2N3S2.C26H35NS.CH4/c1-5-8-10-12-14-16-17-18-19-20-22-24-37-61-45-33-29-42(26-7-3)39-49(45)65-50-40-43(30-34-46(50)61)28-31-44-32-36-48(64-44)52-54(58)53(57)51(47-35-27-41(4)63-47)55-56(52)60-62(59-55)38-25-23-21-15-13-11-9-6-2;1-2-3-4-5-6-7-8-9-10-11-12-13-18-35-33-27-23(19-14-16-21(29)36-19)25(31)26(32)24(28(27)34-35)20-15-17-22(30)37-20;1-4-7-8-9-10-11-12-13-18-27-23-16-14-21(5-2)19-25(23)28-26-20-22(6-3)15-17-24(26)27;/h7,26-36,39-40,46,50H,5-6,8-25,37-38H2,1-4H3;14-17H,2-13,18H2,1H3;5-6,14-17,19-20,23,25H,2-4,7-13,18H2,1H3;1H4/b26-7+,31-28+;;;. The molecule has 20 heteroatoms. The first kappa shape index (κ1) is 105. The van der Waals surface area contributed by atoms with Gasteiger partial charge in [0.15, 0.2) is 23.3 Å². The van der Waals surface area contributed by atoms with Crippen LogP contribution >= 0.6 is 101 Å². The molecular weight excluding hydrogens is 1870 g/mol. The number of rotatable bonds is 53. The summed E-state index contributed by atoms with van der Waals surface area (Å²) in [6.07, 6.45) is 78.6. The third-order valence-electron chi connectivity index (χ3n) is 25.4. The third-order valence-corrected chi connectivity index (χ3v) is 33.3. The summed E-state index contributed by atoms with van der Waals surface area (Å²) in [5.74, 6) is -3.47. The third kappa shape index (κ3) is 30.2. The highest BCUT2D eigenvalue weighted by Crippen LogP contribution is 2.50. The number of aromatic nitrogens is 6. The van der Waals surface area contributed by atoms with Crippen molar-refractivity contribution in [3.63, 3.8) is 0 Å². The molecule has 8 heterocycles. The Kier molecular flexibility index (Phi) is 45.0. The quantitative estimate of drug-likeness (QED) is 0.0276. The summed E-state index contributed by atoms with van der Waals surface area (Å²) in [4.78, 5) is 15.9. The van der Waals surface area contributed by atoms with Crippen LogP contribution in [0.5, 0.6) is 0 Å². The number of anilines is 2. The van der Waals surface area contributed by atoms with Gasteiger partial charge in [-0.15, -0.1) is 68.9 Å². The van der Waals surface area contributed by atoms with Gasteiger partial charge in [-0.1, -0.05) is 358 Å². The van der Waals surface area contributed by atoms with E-state index in [2.05, 4.69) is 197 Å². The smallest absolute Gasteiger partial charge is 0.170 e. The predicted octanol–water partition coefficient (Wildman–Crippen LogP) is 38.0. The molecule has 706 valence electrons.